The Kier molecular flexibility index (Phi) is 4.25. The third-order valence-corrected chi connectivity index (χ3v) is 5.34. The molecule has 0 unspecified atom stereocenters. The Balaban J connectivity index is 1.38. The molecule has 1 aliphatic carbocycles. The van der Waals surface area contributed by atoms with Gasteiger partial charge in [-0.25, -0.2) is 0 Å². The summed E-state index contributed by atoms with van der Waals surface area (Å²) in [4.78, 5) is 38.1. The van der Waals surface area contributed by atoms with Gasteiger partial charge in [0.25, 0.3) is 0 Å². The third kappa shape index (κ3) is 2.99. The molecule has 0 aromatic heterocycles. The van der Waals surface area contributed by atoms with Gasteiger partial charge in [0.2, 0.25) is 0 Å². The van der Waals surface area contributed by atoms with E-state index in [0.29, 0.717) is 33.6 Å². The zero-order valence-corrected chi connectivity index (χ0v) is 15.9. The molecule has 0 saturated carbocycles. The number of hydrogen-bond acceptors (Lipinski definition) is 4. The van der Waals surface area contributed by atoms with E-state index in [-0.39, 0.29) is 24.0 Å². The summed E-state index contributed by atoms with van der Waals surface area (Å²) in [6.45, 7) is -0.157. The maximum absolute atomic E-state index is 12.8. The molecule has 0 radical (unpaired) electrons. The van der Waals surface area contributed by atoms with Crippen molar-refractivity contribution in [2.45, 2.75) is 0 Å². The lowest BCUT2D eigenvalue weighted by atomic mass is 9.84. The molecule has 144 valence electrons. The first kappa shape index (κ1) is 18.0. The van der Waals surface area contributed by atoms with Crippen LogP contribution in [0.4, 0.5) is 0 Å². The molecule has 0 amide bonds. The fraction of sp³-hybridized carbons (Fsp3) is 0.0385. The highest BCUT2D eigenvalue weighted by Crippen LogP contribution is 2.30. The summed E-state index contributed by atoms with van der Waals surface area (Å²) in [5.41, 5.74) is 2.02. The van der Waals surface area contributed by atoms with Gasteiger partial charge < -0.3 is 4.74 Å². The Morgan fingerprint density at radius 1 is 0.633 bits per heavy atom. The first-order chi connectivity index (χ1) is 14.6. The molecular formula is C26H16O4. The van der Waals surface area contributed by atoms with E-state index in [9.17, 15) is 14.4 Å². The highest BCUT2D eigenvalue weighted by Gasteiger charge is 2.29. The van der Waals surface area contributed by atoms with Gasteiger partial charge in [-0.2, -0.15) is 0 Å². The van der Waals surface area contributed by atoms with E-state index in [2.05, 4.69) is 0 Å². The zero-order chi connectivity index (χ0) is 20.7. The summed E-state index contributed by atoms with van der Waals surface area (Å²) in [6, 6.07) is 24.9. The van der Waals surface area contributed by atoms with Gasteiger partial charge in [-0.1, -0.05) is 60.7 Å². The van der Waals surface area contributed by atoms with Crippen molar-refractivity contribution in [3.8, 4) is 5.75 Å². The molecule has 4 aromatic carbocycles. The molecule has 0 fully saturated rings. The number of benzene rings is 4. The Labute approximate surface area is 172 Å². The molecule has 1 aliphatic rings. The largest absolute Gasteiger partial charge is 0.485 e. The van der Waals surface area contributed by atoms with Crippen LogP contribution in [0.5, 0.6) is 5.75 Å². The molecule has 0 N–H and O–H groups in total. The number of ether oxygens (including phenoxy) is 1. The van der Waals surface area contributed by atoms with Crippen molar-refractivity contribution in [3.63, 3.8) is 0 Å². The molecule has 0 atom stereocenters. The minimum Gasteiger partial charge on any atom is -0.485 e. The lowest BCUT2D eigenvalue weighted by Crippen LogP contribution is -2.21. The quantitative estimate of drug-likeness (QED) is 0.409. The molecule has 0 spiro atoms. The van der Waals surface area contributed by atoms with E-state index in [1.807, 2.05) is 36.4 Å². The van der Waals surface area contributed by atoms with Gasteiger partial charge in [0.1, 0.15) is 5.75 Å². The molecule has 4 heteroatoms. The van der Waals surface area contributed by atoms with Gasteiger partial charge in [0, 0.05) is 27.8 Å². The topological polar surface area (TPSA) is 60.4 Å². The zero-order valence-electron chi connectivity index (χ0n) is 15.9. The van der Waals surface area contributed by atoms with Crippen LogP contribution in [-0.4, -0.2) is 24.0 Å². The van der Waals surface area contributed by atoms with Gasteiger partial charge in [-0.05, 0) is 35.0 Å². The maximum atomic E-state index is 12.8. The second-order valence-electron chi connectivity index (χ2n) is 7.19. The van der Waals surface area contributed by atoms with Crippen LogP contribution in [-0.2, 0) is 0 Å². The van der Waals surface area contributed by atoms with E-state index < -0.39 is 0 Å². The van der Waals surface area contributed by atoms with Gasteiger partial charge in [-0.15, -0.1) is 0 Å². The maximum Gasteiger partial charge on any atom is 0.200 e. The standard InChI is InChI=1S/C26H16O4/c27-24(18-10-9-16-5-1-2-6-17(16)13-18)15-30-19-11-12-22-23(14-19)26(29)21-8-4-3-7-20(21)25(22)28/h1-14H,15H2. The summed E-state index contributed by atoms with van der Waals surface area (Å²) in [5, 5.41) is 2.05. The fourth-order valence-corrected chi connectivity index (χ4v) is 3.76. The lowest BCUT2D eigenvalue weighted by molar-refractivity contribution is 0.0920. The lowest BCUT2D eigenvalue weighted by Gasteiger charge is -2.18. The van der Waals surface area contributed by atoms with Crippen molar-refractivity contribution in [2.24, 2.45) is 0 Å². The third-order valence-electron chi connectivity index (χ3n) is 5.34. The van der Waals surface area contributed by atoms with Crippen LogP contribution in [0.15, 0.2) is 84.9 Å². The van der Waals surface area contributed by atoms with Gasteiger partial charge in [0.05, 0.1) is 0 Å². The predicted molar refractivity (Wildman–Crippen MR) is 114 cm³/mol. The Morgan fingerprint density at radius 3 is 2.03 bits per heavy atom. The average molecular weight is 392 g/mol. The number of ketones is 3. The number of Topliss-reactive ketones (excluding diaryl/α,β-unsaturated/α-hetero) is 1. The molecule has 0 bridgehead atoms. The molecular weight excluding hydrogens is 376 g/mol. The minimum absolute atomic E-state index is 0.157. The summed E-state index contributed by atoms with van der Waals surface area (Å²) in [5.74, 6) is -0.180. The van der Waals surface area contributed by atoms with Crippen molar-refractivity contribution in [1.29, 1.82) is 0 Å². The molecule has 4 aromatic rings. The summed E-state index contributed by atoms with van der Waals surface area (Å²) in [7, 11) is 0. The Bertz CT molecular complexity index is 1350. The number of carbonyl (C=O) groups excluding carboxylic acids is 3. The van der Waals surface area contributed by atoms with E-state index in [0.717, 1.165) is 10.8 Å². The van der Waals surface area contributed by atoms with Crippen LogP contribution in [0.2, 0.25) is 0 Å². The normalized spacial score (nSPS) is 12.4. The molecule has 4 nitrogen and oxygen atoms in total. The second-order valence-corrected chi connectivity index (χ2v) is 7.19. The second kappa shape index (κ2) is 7.08. The SMILES string of the molecule is O=C(COc1ccc2c(c1)C(=O)c1ccccc1C2=O)c1ccc2ccccc2c1. The van der Waals surface area contributed by atoms with Crippen LogP contribution < -0.4 is 4.74 Å². The van der Waals surface area contributed by atoms with Crippen molar-refractivity contribution >= 4 is 28.1 Å². The molecule has 5 rings (SSSR count). The average Bonchev–Trinajstić information content (AvgIpc) is 2.80. The van der Waals surface area contributed by atoms with Gasteiger partial charge in [-0.3, -0.25) is 14.4 Å². The van der Waals surface area contributed by atoms with E-state index in [1.165, 1.54) is 0 Å². The molecule has 30 heavy (non-hydrogen) atoms. The predicted octanol–water partition coefficient (Wildman–Crippen LogP) is 4.88. The number of fused-ring (bicyclic) bond motifs is 3. The highest BCUT2D eigenvalue weighted by atomic mass is 16.5. The van der Waals surface area contributed by atoms with Crippen LogP contribution in [0.1, 0.15) is 42.2 Å². The van der Waals surface area contributed by atoms with Crippen molar-refractivity contribution in [2.75, 3.05) is 6.61 Å². The van der Waals surface area contributed by atoms with Crippen LogP contribution in [0.3, 0.4) is 0 Å². The molecule has 0 saturated heterocycles. The number of rotatable bonds is 4. The van der Waals surface area contributed by atoms with Crippen molar-refractivity contribution < 1.29 is 19.1 Å². The molecule has 0 heterocycles. The minimum atomic E-state index is -0.216. The number of carbonyl (C=O) groups is 3. The van der Waals surface area contributed by atoms with Crippen LogP contribution >= 0.6 is 0 Å². The fourth-order valence-electron chi connectivity index (χ4n) is 3.76. The first-order valence-corrected chi connectivity index (χ1v) is 9.59. The van der Waals surface area contributed by atoms with E-state index in [1.54, 1.807) is 48.5 Å². The molecule has 0 aliphatic heterocycles. The number of hydrogen-bond donors (Lipinski definition) is 0. The van der Waals surface area contributed by atoms with Crippen molar-refractivity contribution in [1.82, 2.24) is 0 Å². The van der Waals surface area contributed by atoms with E-state index >= 15 is 0 Å². The Morgan fingerprint density at radius 2 is 1.27 bits per heavy atom. The first-order valence-electron chi connectivity index (χ1n) is 9.59. The monoisotopic (exact) mass is 392 g/mol. The Hall–Kier alpha value is -4.05. The van der Waals surface area contributed by atoms with Crippen molar-refractivity contribution in [3.05, 3.63) is 113 Å². The van der Waals surface area contributed by atoms with Crippen LogP contribution in [0.25, 0.3) is 10.8 Å². The summed E-state index contributed by atoms with van der Waals surface area (Å²) < 4.78 is 5.66. The van der Waals surface area contributed by atoms with Crippen LogP contribution in [0, 0.1) is 0 Å². The summed E-state index contributed by atoms with van der Waals surface area (Å²) in [6.07, 6.45) is 0. The van der Waals surface area contributed by atoms with Gasteiger partial charge in [0.15, 0.2) is 24.0 Å². The van der Waals surface area contributed by atoms with Gasteiger partial charge >= 0.3 is 0 Å². The van der Waals surface area contributed by atoms with E-state index in [4.69, 9.17) is 4.74 Å². The smallest absolute Gasteiger partial charge is 0.200 e. The highest BCUT2D eigenvalue weighted by molar-refractivity contribution is 6.28. The summed E-state index contributed by atoms with van der Waals surface area (Å²) >= 11 is 0.